The van der Waals surface area contributed by atoms with Crippen molar-refractivity contribution in [1.29, 1.82) is 0 Å². The second kappa shape index (κ2) is 9.69. The van der Waals surface area contributed by atoms with Gasteiger partial charge in [-0.3, -0.25) is 10.1 Å². The predicted molar refractivity (Wildman–Crippen MR) is 101 cm³/mol. The largest absolute Gasteiger partial charge is 0.424 e. The predicted octanol–water partition coefficient (Wildman–Crippen LogP) is 3.02. The third kappa shape index (κ3) is 7.01. The fourth-order valence-electron chi connectivity index (χ4n) is 1.75. The molecule has 1 radical (unpaired) electrons. The van der Waals surface area contributed by atoms with E-state index in [1.54, 1.807) is 0 Å². The number of non-ortho nitro benzene ring substituents is 1. The van der Waals surface area contributed by atoms with Crippen LogP contribution in [0.25, 0.3) is 0 Å². The zero-order valence-corrected chi connectivity index (χ0v) is 18.9. The molecule has 2 aromatic carbocycles. The van der Waals surface area contributed by atoms with Gasteiger partial charge in [-0.1, -0.05) is 23.2 Å². The van der Waals surface area contributed by atoms with E-state index in [1.807, 2.05) is 4.72 Å². The van der Waals surface area contributed by atoms with Crippen LogP contribution in [0.2, 0.25) is 10.0 Å². The van der Waals surface area contributed by atoms with E-state index in [0.29, 0.717) is 0 Å². The zero-order chi connectivity index (χ0) is 19.5. The van der Waals surface area contributed by atoms with Crippen LogP contribution in [-0.4, -0.2) is 54.1 Å². The van der Waals surface area contributed by atoms with Crippen molar-refractivity contribution >= 4 is 76.1 Å². The average molecular weight is 464 g/mol. The Labute approximate surface area is 186 Å². The average Bonchev–Trinajstić information content (AvgIpc) is 2.55. The number of benzene rings is 2. The quantitative estimate of drug-likeness (QED) is 0.278. The van der Waals surface area contributed by atoms with E-state index < -0.39 is 28.8 Å². The Morgan fingerprint density at radius 2 is 1.78 bits per heavy atom. The first-order valence-corrected chi connectivity index (χ1v) is 10.7. The Balaban J connectivity index is 0.00000364. The van der Waals surface area contributed by atoms with E-state index in [4.69, 9.17) is 27.7 Å². The molecule has 1 unspecified atom stereocenters. The summed E-state index contributed by atoms with van der Waals surface area (Å²) in [5, 5.41) is 10.6. The van der Waals surface area contributed by atoms with Crippen molar-refractivity contribution in [2.75, 3.05) is 6.29 Å². The van der Waals surface area contributed by atoms with E-state index in [-0.39, 0.29) is 55.9 Å². The summed E-state index contributed by atoms with van der Waals surface area (Å²) in [6, 6.07) is 8.12. The van der Waals surface area contributed by atoms with Crippen LogP contribution in [0.4, 0.5) is 5.69 Å². The fraction of sp³-hybridized carbons (Fsp3) is 0.0769. The molecule has 0 aliphatic carbocycles. The molecule has 0 spiro atoms. The molecule has 0 fully saturated rings. The summed E-state index contributed by atoms with van der Waals surface area (Å²) in [7, 11) is -8.66. The third-order valence-corrected chi connectivity index (χ3v) is 6.32. The van der Waals surface area contributed by atoms with Crippen LogP contribution in [0.15, 0.2) is 47.4 Å². The molecular weight excluding hydrogens is 453 g/mol. The van der Waals surface area contributed by atoms with Crippen molar-refractivity contribution in [1.82, 2.24) is 4.72 Å². The number of nitro groups is 1. The van der Waals surface area contributed by atoms with Crippen LogP contribution in [0, 0.1) is 10.1 Å². The molecule has 0 bridgehead atoms. The molecule has 2 aromatic rings. The molecule has 2 rings (SSSR count). The van der Waals surface area contributed by atoms with E-state index in [9.17, 15) is 28.0 Å². The van der Waals surface area contributed by atoms with E-state index in [2.05, 4.69) is 0 Å². The van der Waals surface area contributed by atoms with Gasteiger partial charge in [-0.2, -0.15) is 4.72 Å². The standard InChI is InChI=1S/C13H11Cl2N2O7PS.Na/c14-9-1-6-12(15)13(7-9)26(22,23)16-8-25(20,21)24-11-4-2-10(3-5-11)17(18)19;/h1-7,16H,8H2,(H,20,21);. The van der Waals surface area contributed by atoms with Crippen molar-refractivity contribution in [3.8, 4) is 5.75 Å². The number of hydrogen-bond donors (Lipinski definition) is 2. The van der Waals surface area contributed by atoms with Crippen molar-refractivity contribution in [2.24, 2.45) is 0 Å². The second-order valence-corrected chi connectivity index (χ2v) is 9.21. The molecule has 0 aromatic heterocycles. The number of nitrogens with zero attached hydrogens (tertiary/aromatic N) is 1. The van der Waals surface area contributed by atoms with Crippen molar-refractivity contribution in [2.45, 2.75) is 4.90 Å². The molecule has 27 heavy (non-hydrogen) atoms. The number of rotatable bonds is 7. The molecule has 0 amide bonds. The van der Waals surface area contributed by atoms with Gasteiger partial charge < -0.3 is 9.42 Å². The van der Waals surface area contributed by atoms with Gasteiger partial charge in [-0.05, 0) is 30.3 Å². The number of halogens is 2. The van der Waals surface area contributed by atoms with Crippen molar-refractivity contribution in [3.63, 3.8) is 0 Å². The first-order chi connectivity index (χ1) is 12.0. The molecule has 0 saturated heterocycles. The minimum absolute atomic E-state index is 0. The van der Waals surface area contributed by atoms with Crippen LogP contribution >= 0.6 is 30.8 Å². The third-order valence-electron chi connectivity index (χ3n) is 2.93. The van der Waals surface area contributed by atoms with Crippen molar-refractivity contribution in [3.05, 3.63) is 62.6 Å². The van der Waals surface area contributed by atoms with Crippen molar-refractivity contribution < 1.29 is 27.3 Å². The SMILES string of the molecule is O=[N+]([O-])c1ccc(OP(=O)(O)CNS(=O)(=O)c2cc(Cl)ccc2Cl)cc1.[Na]. The molecule has 1 atom stereocenters. The molecule has 0 saturated carbocycles. The van der Waals surface area contributed by atoms with E-state index in [0.717, 1.165) is 30.3 Å². The number of hydrogen-bond acceptors (Lipinski definition) is 6. The number of nitrogens with one attached hydrogen (secondary N) is 1. The first-order valence-electron chi connectivity index (χ1n) is 6.71. The van der Waals surface area contributed by atoms with E-state index >= 15 is 0 Å². The Bertz CT molecular complexity index is 989. The Morgan fingerprint density at radius 3 is 2.33 bits per heavy atom. The molecule has 9 nitrogen and oxygen atoms in total. The topological polar surface area (TPSA) is 136 Å². The van der Waals surface area contributed by atoms with Crippen LogP contribution in [-0.2, 0) is 14.6 Å². The molecule has 141 valence electrons. The van der Waals surface area contributed by atoms with Gasteiger partial charge in [0.1, 0.15) is 16.9 Å². The van der Waals surface area contributed by atoms with Gasteiger partial charge >= 0.3 is 7.60 Å². The smallest absolute Gasteiger partial charge is 0.391 e. The van der Waals surface area contributed by atoms with Crippen LogP contribution in [0.3, 0.4) is 0 Å². The van der Waals surface area contributed by atoms with Crippen LogP contribution in [0.5, 0.6) is 5.75 Å². The van der Waals surface area contributed by atoms with Gasteiger partial charge in [0.05, 0.1) is 9.95 Å². The number of sulfonamides is 1. The maximum Gasteiger partial charge on any atom is 0.391 e. The van der Waals surface area contributed by atoms with Gasteiger partial charge in [0.15, 0.2) is 0 Å². The zero-order valence-electron chi connectivity index (χ0n) is 13.7. The van der Waals surface area contributed by atoms with Gasteiger partial charge in [0, 0.05) is 46.7 Å². The fourth-order valence-corrected chi connectivity index (χ4v) is 5.02. The summed E-state index contributed by atoms with van der Waals surface area (Å²) in [5.41, 5.74) is -0.235. The second-order valence-electron chi connectivity index (χ2n) is 4.86. The monoisotopic (exact) mass is 463 g/mol. The summed E-state index contributed by atoms with van der Waals surface area (Å²) < 4.78 is 43.2. The van der Waals surface area contributed by atoms with Crippen LogP contribution in [0.1, 0.15) is 0 Å². The summed E-state index contributed by atoms with van der Waals surface area (Å²) in [5.74, 6) is -0.138. The molecule has 0 heterocycles. The van der Waals surface area contributed by atoms with Crippen LogP contribution < -0.4 is 9.25 Å². The molecule has 2 N–H and O–H groups in total. The minimum atomic E-state index is -4.43. The Hall–Kier alpha value is -0.680. The van der Waals surface area contributed by atoms with Gasteiger partial charge in [-0.15, -0.1) is 0 Å². The summed E-state index contributed by atoms with van der Waals surface area (Å²) >= 11 is 11.5. The van der Waals surface area contributed by atoms with E-state index in [1.165, 1.54) is 12.1 Å². The summed E-state index contributed by atoms with van der Waals surface area (Å²) in [4.78, 5) is 19.3. The maximum absolute atomic E-state index is 12.2. The summed E-state index contributed by atoms with van der Waals surface area (Å²) in [6.45, 7) is 0. The number of nitro benzene ring substituents is 1. The molecular formula is C13H11Cl2N2NaO7PS. The van der Waals surface area contributed by atoms with Gasteiger partial charge in [0.25, 0.3) is 5.69 Å². The molecule has 14 heteroatoms. The molecule has 0 aliphatic heterocycles. The van der Waals surface area contributed by atoms with Gasteiger partial charge in [-0.25, -0.2) is 13.0 Å². The molecule has 0 aliphatic rings. The van der Waals surface area contributed by atoms with Gasteiger partial charge in [0.2, 0.25) is 10.0 Å². The maximum atomic E-state index is 12.2. The Morgan fingerprint density at radius 1 is 1.19 bits per heavy atom. The normalized spacial score (nSPS) is 13.3. The first kappa shape index (κ1) is 24.4. The summed E-state index contributed by atoms with van der Waals surface area (Å²) in [6.07, 6.45) is -0.949. The minimum Gasteiger partial charge on any atom is -0.424 e. The Kier molecular flexibility index (Phi) is 8.74.